The molecule has 0 unspecified atom stereocenters. The Morgan fingerprint density at radius 1 is 1.16 bits per heavy atom. The Morgan fingerprint density at radius 2 is 1.92 bits per heavy atom. The first-order chi connectivity index (χ1) is 17.8. The quantitative estimate of drug-likeness (QED) is 0.194. The largest absolute Gasteiger partial charge is 0.462 e. The van der Waals surface area contributed by atoms with Crippen molar-refractivity contribution in [3.05, 3.63) is 59.7 Å². The zero-order chi connectivity index (χ0) is 26.4. The van der Waals surface area contributed by atoms with Crippen LogP contribution < -0.4 is 0 Å². The number of aliphatic hydroxyl groups excluding tert-OH is 2. The lowest BCUT2D eigenvalue weighted by molar-refractivity contribution is -0.154. The van der Waals surface area contributed by atoms with Gasteiger partial charge in [-0.05, 0) is 61.3 Å². The highest BCUT2D eigenvalue weighted by Crippen LogP contribution is 2.48. The van der Waals surface area contributed by atoms with Crippen LogP contribution in [0.25, 0.3) is 0 Å². The number of hydrogen-bond acceptors (Lipinski definition) is 4. The van der Waals surface area contributed by atoms with Crippen LogP contribution in [-0.2, 0) is 14.9 Å². The SMILES string of the molecule is CCCCC[C@H](O)/C=C/[C@@H]1[C@H]2CC(CC(=O)O[C@H]3CCCC[C@@H]3C(C)(C)c3ccccc3)=C[C@H]2C[C@H]1O. The maximum Gasteiger partial charge on any atom is 0.310 e. The molecule has 4 heteroatoms. The molecule has 2 saturated carbocycles. The van der Waals surface area contributed by atoms with Crippen molar-refractivity contribution in [1.82, 2.24) is 0 Å². The predicted octanol–water partition coefficient (Wildman–Crippen LogP) is 6.90. The first-order valence-electron chi connectivity index (χ1n) is 14.8. The van der Waals surface area contributed by atoms with E-state index >= 15 is 0 Å². The summed E-state index contributed by atoms with van der Waals surface area (Å²) < 4.78 is 6.19. The molecular weight excluding hydrogens is 460 g/mol. The van der Waals surface area contributed by atoms with E-state index in [-0.39, 0.29) is 29.5 Å². The summed E-state index contributed by atoms with van der Waals surface area (Å²) in [5, 5.41) is 21.0. The number of ether oxygens (including phenoxy) is 1. The van der Waals surface area contributed by atoms with Crippen molar-refractivity contribution in [1.29, 1.82) is 0 Å². The number of hydrogen-bond donors (Lipinski definition) is 2. The molecule has 0 heterocycles. The van der Waals surface area contributed by atoms with E-state index in [0.717, 1.165) is 63.4 Å². The van der Waals surface area contributed by atoms with E-state index in [1.807, 2.05) is 12.2 Å². The molecule has 0 spiro atoms. The van der Waals surface area contributed by atoms with Crippen molar-refractivity contribution in [2.24, 2.45) is 23.7 Å². The van der Waals surface area contributed by atoms with Crippen molar-refractivity contribution < 1.29 is 19.7 Å². The highest BCUT2D eigenvalue weighted by atomic mass is 16.5. The van der Waals surface area contributed by atoms with Crippen LogP contribution >= 0.6 is 0 Å². The number of unbranched alkanes of at least 4 members (excludes halogenated alkanes) is 2. The van der Waals surface area contributed by atoms with Gasteiger partial charge in [-0.2, -0.15) is 0 Å². The van der Waals surface area contributed by atoms with Gasteiger partial charge in [-0.1, -0.05) is 101 Å². The van der Waals surface area contributed by atoms with Crippen molar-refractivity contribution in [3.63, 3.8) is 0 Å². The second kappa shape index (κ2) is 12.8. The zero-order valence-corrected chi connectivity index (χ0v) is 23.1. The summed E-state index contributed by atoms with van der Waals surface area (Å²) in [5.41, 5.74) is 2.42. The normalized spacial score (nSPS) is 30.8. The lowest BCUT2D eigenvalue weighted by atomic mass is 9.66. The van der Waals surface area contributed by atoms with Gasteiger partial charge in [-0.15, -0.1) is 0 Å². The van der Waals surface area contributed by atoms with Crippen LogP contribution in [0.4, 0.5) is 0 Å². The molecule has 2 fully saturated rings. The Labute approximate surface area is 224 Å². The molecule has 1 aromatic carbocycles. The summed E-state index contributed by atoms with van der Waals surface area (Å²) in [6.45, 7) is 6.75. The maximum absolute atomic E-state index is 13.1. The van der Waals surface area contributed by atoms with E-state index in [9.17, 15) is 15.0 Å². The number of aliphatic hydroxyl groups is 2. The zero-order valence-electron chi connectivity index (χ0n) is 23.1. The van der Waals surface area contributed by atoms with Gasteiger partial charge in [0.1, 0.15) is 6.10 Å². The van der Waals surface area contributed by atoms with Gasteiger partial charge >= 0.3 is 5.97 Å². The van der Waals surface area contributed by atoms with Gasteiger partial charge in [-0.3, -0.25) is 4.79 Å². The van der Waals surface area contributed by atoms with E-state index < -0.39 is 6.10 Å². The van der Waals surface area contributed by atoms with Gasteiger partial charge < -0.3 is 14.9 Å². The van der Waals surface area contributed by atoms with Crippen molar-refractivity contribution >= 4 is 5.97 Å². The molecule has 7 atom stereocenters. The maximum atomic E-state index is 13.1. The van der Waals surface area contributed by atoms with Crippen molar-refractivity contribution in [2.75, 3.05) is 0 Å². The van der Waals surface area contributed by atoms with E-state index in [1.54, 1.807) is 0 Å². The van der Waals surface area contributed by atoms with Crippen LogP contribution in [0.2, 0.25) is 0 Å². The summed E-state index contributed by atoms with van der Waals surface area (Å²) in [4.78, 5) is 13.1. The van der Waals surface area contributed by atoms with E-state index in [2.05, 4.69) is 57.2 Å². The van der Waals surface area contributed by atoms with Crippen LogP contribution in [0.1, 0.15) is 97.0 Å². The Balaban J connectivity index is 1.32. The number of esters is 1. The highest BCUT2D eigenvalue weighted by molar-refractivity contribution is 5.73. The molecule has 0 radical (unpaired) electrons. The Kier molecular flexibility index (Phi) is 9.69. The average molecular weight is 509 g/mol. The highest BCUT2D eigenvalue weighted by Gasteiger charge is 2.44. The van der Waals surface area contributed by atoms with Crippen molar-refractivity contribution in [3.8, 4) is 0 Å². The van der Waals surface area contributed by atoms with E-state index in [1.165, 1.54) is 12.0 Å². The van der Waals surface area contributed by atoms with Crippen LogP contribution in [-0.4, -0.2) is 34.5 Å². The van der Waals surface area contributed by atoms with Gasteiger partial charge in [-0.25, -0.2) is 0 Å². The topological polar surface area (TPSA) is 66.8 Å². The third-order valence-electron chi connectivity index (χ3n) is 9.41. The molecule has 3 aliphatic carbocycles. The molecule has 3 aliphatic rings. The molecule has 4 rings (SSSR count). The molecule has 204 valence electrons. The second-order valence-corrected chi connectivity index (χ2v) is 12.4. The summed E-state index contributed by atoms with van der Waals surface area (Å²) in [7, 11) is 0. The van der Waals surface area contributed by atoms with Gasteiger partial charge in [0.15, 0.2) is 0 Å². The number of benzene rings is 1. The molecule has 0 aromatic heterocycles. The summed E-state index contributed by atoms with van der Waals surface area (Å²) >= 11 is 0. The van der Waals surface area contributed by atoms with Gasteiger partial charge in [0.25, 0.3) is 0 Å². The Bertz CT molecular complexity index is 933. The average Bonchev–Trinajstić information content (AvgIpc) is 3.39. The molecular formula is C33H48O4. The summed E-state index contributed by atoms with van der Waals surface area (Å²) in [5.74, 6) is 0.884. The van der Waals surface area contributed by atoms with Gasteiger partial charge in [0.05, 0.1) is 18.6 Å². The monoisotopic (exact) mass is 508 g/mol. The number of rotatable bonds is 11. The van der Waals surface area contributed by atoms with Crippen LogP contribution in [0.15, 0.2) is 54.1 Å². The Morgan fingerprint density at radius 3 is 2.68 bits per heavy atom. The minimum atomic E-state index is -0.440. The fourth-order valence-electron chi connectivity index (χ4n) is 7.23. The fourth-order valence-corrected chi connectivity index (χ4v) is 7.23. The number of allylic oxidation sites excluding steroid dienone is 1. The fraction of sp³-hybridized carbons (Fsp3) is 0.667. The van der Waals surface area contributed by atoms with Crippen LogP contribution in [0, 0.1) is 23.7 Å². The van der Waals surface area contributed by atoms with Gasteiger partial charge in [0.2, 0.25) is 0 Å². The smallest absolute Gasteiger partial charge is 0.310 e. The van der Waals surface area contributed by atoms with Crippen molar-refractivity contribution in [2.45, 2.75) is 115 Å². The minimum absolute atomic E-state index is 0.0374. The third kappa shape index (κ3) is 6.95. The Hall–Kier alpha value is -1.91. The minimum Gasteiger partial charge on any atom is -0.462 e. The van der Waals surface area contributed by atoms with E-state index in [0.29, 0.717) is 24.2 Å². The molecule has 0 saturated heterocycles. The van der Waals surface area contributed by atoms with Gasteiger partial charge in [0, 0.05) is 11.8 Å². The first kappa shape index (κ1) is 28.1. The molecule has 0 aliphatic heterocycles. The molecule has 4 nitrogen and oxygen atoms in total. The second-order valence-electron chi connectivity index (χ2n) is 12.4. The predicted molar refractivity (Wildman–Crippen MR) is 149 cm³/mol. The molecule has 37 heavy (non-hydrogen) atoms. The summed E-state index contributed by atoms with van der Waals surface area (Å²) in [6.07, 6.45) is 15.6. The third-order valence-corrected chi connectivity index (χ3v) is 9.41. The van der Waals surface area contributed by atoms with E-state index in [4.69, 9.17) is 4.74 Å². The summed E-state index contributed by atoms with van der Waals surface area (Å²) in [6, 6.07) is 10.6. The lowest BCUT2D eigenvalue weighted by Gasteiger charge is -2.42. The number of carbonyl (C=O) groups excluding carboxylic acids is 1. The van der Waals surface area contributed by atoms with Crippen LogP contribution in [0.3, 0.4) is 0 Å². The molecule has 0 amide bonds. The molecule has 2 N–H and O–H groups in total. The van der Waals surface area contributed by atoms with Crippen LogP contribution in [0.5, 0.6) is 0 Å². The molecule has 0 bridgehead atoms. The molecule has 1 aromatic rings. The number of carbonyl (C=O) groups is 1. The number of fused-ring (bicyclic) bond motifs is 1. The standard InChI is InChI=1S/C33H48O4/c1-4-5-7-14-26(34)17-18-27-28-20-23(19-24(28)22-30(27)35)21-32(36)37-31-16-11-10-15-29(31)33(2,3)25-12-8-6-9-13-25/h6,8-9,12-13,17-19,24,26-31,34-35H,4-5,7,10-11,14-16,20-22H2,1-3H3/b18-17+/t24-,26-,27+,28-,29-,30+,31-/m0/s1. The lowest BCUT2D eigenvalue weighted by Crippen LogP contribution is -2.42. The first-order valence-corrected chi connectivity index (χ1v) is 14.8.